The predicted molar refractivity (Wildman–Crippen MR) is 93.7 cm³/mol. The molecular formula is C20H21NO4. The highest BCUT2D eigenvalue weighted by molar-refractivity contribution is 6.07. The van der Waals surface area contributed by atoms with Crippen LogP contribution >= 0.6 is 0 Å². The van der Waals surface area contributed by atoms with Crippen LogP contribution in [0.1, 0.15) is 22.3 Å². The average Bonchev–Trinajstić information content (AvgIpc) is 3.17. The Hall–Kier alpha value is -2.37. The fourth-order valence-electron chi connectivity index (χ4n) is 3.81. The van der Waals surface area contributed by atoms with Gasteiger partial charge in [0.1, 0.15) is 5.75 Å². The van der Waals surface area contributed by atoms with Gasteiger partial charge in [0, 0.05) is 11.1 Å². The molecule has 1 fully saturated rings. The Morgan fingerprint density at radius 2 is 1.88 bits per heavy atom. The first-order valence-corrected chi connectivity index (χ1v) is 8.40. The molecule has 0 bridgehead atoms. The van der Waals surface area contributed by atoms with E-state index in [0.717, 1.165) is 33.7 Å². The van der Waals surface area contributed by atoms with Crippen LogP contribution in [0, 0.1) is 13.8 Å². The van der Waals surface area contributed by atoms with Crippen LogP contribution in [0.5, 0.6) is 5.75 Å². The van der Waals surface area contributed by atoms with Crippen LogP contribution in [0.15, 0.2) is 36.4 Å². The molecule has 1 amide bonds. The Balaban J connectivity index is 1.83. The van der Waals surface area contributed by atoms with E-state index in [-0.39, 0.29) is 5.91 Å². The molecule has 0 aliphatic carbocycles. The highest BCUT2D eigenvalue weighted by Crippen LogP contribution is 2.48. The summed E-state index contributed by atoms with van der Waals surface area (Å²) in [5, 5.41) is 0. The zero-order valence-electron chi connectivity index (χ0n) is 14.7. The number of ether oxygens (including phenoxy) is 3. The molecule has 0 atom stereocenters. The maximum Gasteiger partial charge on any atom is 0.292 e. The molecule has 0 aromatic heterocycles. The van der Waals surface area contributed by atoms with Crippen LogP contribution in [0.2, 0.25) is 0 Å². The van der Waals surface area contributed by atoms with Crippen molar-refractivity contribution in [2.45, 2.75) is 26.2 Å². The number of hydrogen-bond donors (Lipinski definition) is 0. The zero-order valence-corrected chi connectivity index (χ0v) is 14.7. The van der Waals surface area contributed by atoms with Crippen molar-refractivity contribution in [3.63, 3.8) is 0 Å². The molecule has 2 aromatic carbocycles. The van der Waals surface area contributed by atoms with Crippen LogP contribution < -0.4 is 9.64 Å². The van der Waals surface area contributed by atoms with E-state index >= 15 is 0 Å². The van der Waals surface area contributed by atoms with Crippen LogP contribution in [-0.2, 0) is 26.6 Å². The molecular weight excluding hydrogens is 318 g/mol. The van der Waals surface area contributed by atoms with E-state index in [1.54, 1.807) is 12.0 Å². The van der Waals surface area contributed by atoms with Gasteiger partial charge in [0.15, 0.2) is 0 Å². The number of nitrogens with zero attached hydrogens (tertiary/aromatic N) is 1. The normalized spacial score (nSPS) is 18.0. The van der Waals surface area contributed by atoms with Crippen LogP contribution in [-0.4, -0.2) is 26.2 Å². The summed E-state index contributed by atoms with van der Waals surface area (Å²) in [5.74, 6) is -0.705. The molecule has 0 N–H and O–H groups in total. The van der Waals surface area contributed by atoms with Gasteiger partial charge in [-0.2, -0.15) is 0 Å². The number of hydrogen-bond acceptors (Lipinski definition) is 4. The zero-order chi connectivity index (χ0) is 17.6. The third-order valence-electron chi connectivity index (χ3n) is 4.81. The molecule has 2 aromatic rings. The minimum Gasteiger partial charge on any atom is -0.496 e. The second-order valence-electron chi connectivity index (χ2n) is 6.49. The van der Waals surface area contributed by atoms with Crippen molar-refractivity contribution in [3.8, 4) is 5.75 Å². The molecule has 2 heterocycles. The standard InChI is InChI=1S/C20H21NO4/c1-13-10-14(2)18-16(11-13)20(24-8-9-25-20)19(22)21(18)12-15-6-4-5-7-17(15)23-3/h4-7,10-11H,8-9,12H2,1-3H3. The number of amides is 1. The van der Waals surface area contributed by atoms with Gasteiger partial charge in [-0.3, -0.25) is 4.79 Å². The van der Waals surface area contributed by atoms with Gasteiger partial charge in [-0.15, -0.1) is 0 Å². The Bertz CT molecular complexity index is 840. The van der Waals surface area contributed by atoms with Crippen LogP contribution in [0.25, 0.3) is 0 Å². The van der Waals surface area contributed by atoms with Crippen molar-refractivity contribution in [2.75, 3.05) is 25.2 Å². The van der Waals surface area contributed by atoms with Gasteiger partial charge < -0.3 is 19.1 Å². The lowest BCUT2D eigenvalue weighted by Crippen LogP contribution is -2.41. The first-order chi connectivity index (χ1) is 12.1. The molecule has 4 rings (SSSR count). The van der Waals surface area contributed by atoms with Gasteiger partial charge in [-0.25, -0.2) is 0 Å². The molecule has 2 aliphatic rings. The minimum atomic E-state index is -1.30. The summed E-state index contributed by atoms with van der Waals surface area (Å²) in [5.41, 5.74) is 4.75. The number of para-hydroxylation sites is 1. The second kappa shape index (κ2) is 5.86. The van der Waals surface area contributed by atoms with E-state index in [4.69, 9.17) is 14.2 Å². The molecule has 1 spiro atoms. The van der Waals surface area contributed by atoms with Gasteiger partial charge in [0.05, 0.1) is 32.6 Å². The maximum atomic E-state index is 13.3. The smallest absolute Gasteiger partial charge is 0.292 e. The van der Waals surface area contributed by atoms with E-state index < -0.39 is 5.79 Å². The highest BCUT2D eigenvalue weighted by Gasteiger charge is 2.56. The van der Waals surface area contributed by atoms with E-state index in [2.05, 4.69) is 6.07 Å². The highest BCUT2D eigenvalue weighted by atomic mass is 16.7. The molecule has 0 saturated carbocycles. The predicted octanol–water partition coefficient (Wildman–Crippen LogP) is 3.06. The van der Waals surface area contributed by atoms with Crippen molar-refractivity contribution in [1.29, 1.82) is 0 Å². The van der Waals surface area contributed by atoms with Gasteiger partial charge >= 0.3 is 0 Å². The number of carbonyl (C=O) groups excluding carboxylic acids is 1. The van der Waals surface area contributed by atoms with Crippen molar-refractivity contribution >= 4 is 11.6 Å². The molecule has 0 unspecified atom stereocenters. The van der Waals surface area contributed by atoms with E-state index in [1.807, 2.05) is 44.2 Å². The largest absolute Gasteiger partial charge is 0.496 e. The first kappa shape index (κ1) is 16.1. The molecule has 5 nitrogen and oxygen atoms in total. The molecule has 5 heteroatoms. The summed E-state index contributed by atoms with van der Waals surface area (Å²) in [7, 11) is 1.64. The quantitative estimate of drug-likeness (QED) is 0.862. The first-order valence-electron chi connectivity index (χ1n) is 8.40. The summed E-state index contributed by atoms with van der Waals surface area (Å²) in [6, 6.07) is 11.8. The maximum absolute atomic E-state index is 13.3. The van der Waals surface area contributed by atoms with Gasteiger partial charge in [0.25, 0.3) is 11.7 Å². The Kier molecular flexibility index (Phi) is 3.78. The summed E-state index contributed by atoms with van der Waals surface area (Å²) < 4.78 is 17.1. The minimum absolute atomic E-state index is 0.167. The number of fused-ring (bicyclic) bond motifs is 2. The lowest BCUT2D eigenvalue weighted by Gasteiger charge is -2.23. The number of methoxy groups -OCH3 is 1. The second-order valence-corrected chi connectivity index (χ2v) is 6.49. The number of anilines is 1. The van der Waals surface area contributed by atoms with E-state index in [0.29, 0.717) is 19.8 Å². The number of carbonyl (C=O) groups is 1. The molecule has 2 aliphatic heterocycles. The average molecular weight is 339 g/mol. The lowest BCUT2D eigenvalue weighted by molar-refractivity contribution is -0.180. The molecule has 0 radical (unpaired) electrons. The van der Waals surface area contributed by atoms with Crippen molar-refractivity contribution in [3.05, 3.63) is 58.7 Å². The van der Waals surface area contributed by atoms with Gasteiger partial charge in [-0.05, 0) is 31.5 Å². The lowest BCUT2D eigenvalue weighted by atomic mass is 10.0. The van der Waals surface area contributed by atoms with Crippen molar-refractivity contribution in [2.24, 2.45) is 0 Å². The molecule has 25 heavy (non-hydrogen) atoms. The summed E-state index contributed by atoms with van der Waals surface area (Å²) in [6.07, 6.45) is 0. The summed E-state index contributed by atoms with van der Waals surface area (Å²) in [4.78, 5) is 15.0. The van der Waals surface area contributed by atoms with Crippen LogP contribution in [0.4, 0.5) is 5.69 Å². The van der Waals surface area contributed by atoms with Crippen LogP contribution in [0.3, 0.4) is 0 Å². The van der Waals surface area contributed by atoms with Crippen molar-refractivity contribution < 1.29 is 19.0 Å². The number of benzene rings is 2. The number of rotatable bonds is 3. The number of aryl methyl sites for hydroxylation is 2. The third-order valence-corrected chi connectivity index (χ3v) is 4.81. The monoisotopic (exact) mass is 339 g/mol. The van der Waals surface area contributed by atoms with E-state index in [9.17, 15) is 4.79 Å². The Labute approximate surface area is 147 Å². The van der Waals surface area contributed by atoms with Gasteiger partial charge in [-0.1, -0.05) is 29.8 Å². The Morgan fingerprint density at radius 3 is 2.60 bits per heavy atom. The van der Waals surface area contributed by atoms with Crippen molar-refractivity contribution in [1.82, 2.24) is 0 Å². The van der Waals surface area contributed by atoms with Gasteiger partial charge in [0.2, 0.25) is 0 Å². The third kappa shape index (κ3) is 2.34. The molecule has 130 valence electrons. The topological polar surface area (TPSA) is 48.0 Å². The Morgan fingerprint density at radius 1 is 1.16 bits per heavy atom. The molecule has 1 saturated heterocycles. The SMILES string of the molecule is COc1ccccc1CN1C(=O)C2(OCCO2)c2cc(C)cc(C)c21. The fraction of sp³-hybridized carbons (Fsp3) is 0.350. The fourth-order valence-corrected chi connectivity index (χ4v) is 3.81. The van der Waals surface area contributed by atoms with E-state index in [1.165, 1.54) is 0 Å². The summed E-state index contributed by atoms with van der Waals surface area (Å²) in [6.45, 7) is 5.28. The summed E-state index contributed by atoms with van der Waals surface area (Å²) >= 11 is 0.